The van der Waals surface area contributed by atoms with E-state index in [1.54, 1.807) is 12.5 Å². The van der Waals surface area contributed by atoms with Crippen LogP contribution in [-0.2, 0) is 23.0 Å². The second-order valence-corrected chi connectivity index (χ2v) is 3.16. The lowest BCUT2D eigenvalue weighted by molar-refractivity contribution is -0.145. The van der Waals surface area contributed by atoms with E-state index in [0.29, 0.717) is 6.42 Å². The van der Waals surface area contributed by atoms with Crippen LogP contribution in [0.15, 0.2) is 12.5 Å². The predicted octanol–water partition coefficient (Wildman–Crippen LogP) is -0.290. The van der Waals surface area contributed by atoms with Crippen molar-refractivity contribution in [3.8, 4) is 0 Å². The van der Waals surface area contributed by atoms with E-state index in [9.17, 15) is 4.79 Å². The maximum atomic E-state index is 11.2. The van der Waals surface area contributed by atoms with Crippen molar-refractivity contribution in [2.24, 2.45) is 18.7 Å². The van der Waals surface area contributed by atoms with E-state index in [-0.39, 0.29) is 18.4 Å². The SMILES string of the molecule is COC(=O)C(CN)Cc1cncn1C. The molecule has 5 heteroatoms. The molecule has 0 spiro atoms. The predicted molar refractivity (Wildman–Crippen MR) is 51.5 cm³/mol. The Morgan fingerprint density at radius 3 is 2.93 bits per heavy atom. The zero-order valence-electron chi connectivity index (χ0n) is 8.43. The van der Waals surface area contributed by atoms with Crippen LogP contribution in [0.1, 0.15) is 5.69 Å². The Bertz CT molecular complexity index is 309. The minimum Gasteiger partial charge on any atom is -0.469 e. The summed E-state index contributed by atoms with van der Waals surface area (Å²) in [4.78, 5) is 15.2. The number of nitrogens with two attached hydrogens (primary N) is 1. The second kappa shape index (κ2) is 4.76. The zero-order chi connectivity index (χ0) is 10.6. The summed E-state index contributed by atoms with van der Waals surface area (Å²) >= 11 is 0. The fourth-order valence-electron chi connectivity index (χ4n) is 1.26. The quantitative estimate of drug-likeness (QED) is 0.673. The molecule has 1 atom stereocenters. The molecule has 2 N–H and O–H groups in total. The topological polar surface area (TPSA) is 70.1 Å². The van der Waals surface area contributed by atoms with E-state index in [4.69, 9.17) is 5.73 Å². The van der Waals surface area contributed by atoms with Crippen LogP contribution in [0.4, 0.5) is 0 Å². The van der Waals surface area contributed by atoms with Crippen molar-refractivity contribution in [2.45, 2.75) is 6.42 Å². The molecule has 0 saturated carbocycles. The molecule has 1 heterocycles. The Morgan fingerprint density at radius 1 is 1.79 bits per heavy atom. The minimum atomic E-state index is -0.282. The number of esters is 1. The molecule has 0 fully saturated rings. The number of aryl methyl sites for hydroxylation is 1. The van der Waals surface area contributed by atoms with Gasteiger partial charge in [-0.1, -0.05) is 0 Å². The summed E-state index contributed by atoms with van der Waals surface area (Å²) in [6.07, 6.45) is 3.99. The van der Waals surface area contributed by atoms with Crippen molar-refractivity contribution < 1.29 is 9.53 Å². The molecule has 0 bridgehead atoms. The third kappa shape index (κ3) is 2.32. The molecule has 1 unspecified atom stereocenters. The standard InChI is InChI=1S/C9H15N3O2/c1-12-6-11-5-8(12)3-7(4-10)9(13)14-2/h5-7H,3-4,10H2,1-2H3. The molecule has 0 radical (unpaired) electrons. The molecule has 0 aromatic carbocycles. The summed E-state index contributed by atoms with van der Waals surface area (Å²) in [7, 11) is 3.25. The smallest absolute Gasteiger partial charge is 0.310 e. The normalized spacial score (nSPS) is 12.5. The van der Waals surface area contributed by atoms with Gasteiger partial charge in [0.15, 0.2) is 0 Å². The Balaban J connectivity index is 2.66. The number of methoxy groups -OCH3 is 1. The number of carbonyl (C=O) groups excluding carboxylic acids is 1. The summed E-state index contributed by atoms with van der Waals surface area (Å²) in [6.45, 7) is 0.290. The lowest BCUT2D eigenvalue weighted by Crippen LogP contribution is -2.27. The molecule has 0 aliphatic heterocycles. The van der Waals surface area contributed by atoms with Gasteiger partial charge in [0.2, 0.25) is 0 Å². The third-order valence-corrected chi connectivity index (χ3v) is 2.19. The first-order valence-corrected chi connectivity index (χ1v) is 4.42. The van der Waals surface area contributed by atoms with Crippen LogP contribution in [0.25, 0.3) is 0 Å². The van der Waals surface area contributed by atoms with Gasteiger partial charge in [0.25, 0.3) is 0 Å². The minimum absolute atomic E-state index is 0.270. The number of hydrogen-bond donors (Lipinski definition) is 1. The first-order chi connectivity index (χ1) is 6.69. The van der Waals surface area contributed by atoms with Gasteiger partial charge in [-0.05, 0) is 0 Å². The zero-order valence-corrected chi connectivity index (χ0v) is 8.43. The van der Waals surface area contributed by atoms with Crippen LogP contribution >= 0.6 is 0 Å². The molecular weight excluding hydrogens is 182 g/mol. The highest BCUT2D eigenvalue weighted by atomic mass is 16.5. The van der Waals surface area contributed by atoms with Gasteiger partial charge < -0.3 is 15.0 Å². The number of rotatable bonds is 4. The maximum Gasteiger partial charge on any atom is 0.310 e. The molecule has 1 rings (SSSR count). The molecule has 0 aliphatic carbocycles. The van der Waals surface area contributed by atoms with E-state index in [0.717, 1.165) is 5.69 Å². The lowest BCUT2D eigenvalue weighted by atomic mass is 10.0. The Hall–Kier alpha value is -1.36. The molecule has 1 aromatic heterocycles. The molecule has 1 aromatic rings. The van der Waals surface area contributed by atoms with Crippen LogP contribution in [0.2, 0.25) is 0 Å². The van der Waals surface area contributed by atoms with Gasteiger partial charge >= 0.3 is 5.97 Å². The first kappa shape index (κ1) is 10.7. The molecule has 14 heavy (non-hydrogen) atoms. The molecule has 78 valence electrons. The maximum absolute atomic E-state index is 11.2. The van der Waals surface area contributed by atoms with Crippen molar-refractivity contribution in [1.82, 2.24) is 9.55 Å². The van der Waals surface area contributed by atoms with Gasteiger partial charge in [-0.3, -0.25) is 4.79 Å². The highest BCUT2D eigenvalue weighted by Gasteiger charge is 2.18. The van der Waals surface area contributed by atoms with Gasteiger partial charge in [-0.25, -0.2) is 4.98 Å². The van der Waals surface area contributed by atoms with Crippen molar-refractivity contribution in [2.75, 3.05) is 13.7 Å². The summed E-state index contributed by atoms with van der Waals surface area (Å²) in [5.41, 5.74) is 6.46. The van der Waals surface area contributed by atoms with E-state index in [1.165, 1.54) is 7.11 Å². The lowest BCUT2D eigenvalue weighted by Gasteiger charge is -2.11. The van der Waals surface area contributed by atoms with Gasteiger partial charge in [-0.2, -0.15) is 0 Å². The largest absolute Gasteiger partial charge is 0.469 e. The summed E-state index contributed by atoms with van der Waals surface area (Å²) < 4.78 is 6.51. The summed E-state index contributed by atoms with van der Waals surface area (Å²) in [5.74, 6) is -0.552. The fourth-order valence-corrected chi connectivity index (χ4v) is 1.26. The average Bonchev–Trinajstić information content (AvgIpc) is 2.59. The number of ether oxygens (including phenoxy) is 1. The molecular formula is C9H15N3O2. The van der Waals surface area contributed by atoms with Crippen LogP contribution in [0.3, 0.4) is 0 Å². The summed E-state index contributed by atoms with van der Waals surface area (Å²) in [6, 6.07) is 0. The fraction of sp³-hybridized carbons (Fsp3) is 0.556. The number of aromatic nitrogens is 2. The van der Waals surface area contributed by atoms with Crippen molar-refractivity contribution in [1.29, 1.82) is 0 Å². The van der Waals surface area contributed by atoms with E-state index in [2.05, 4.69) is 9.72 Å². The second-order valence-electron chi connectivity index (χ2n) is 3.16. The Morgan fingerprint density at radius 2 is 2.50 bits per heavy atom. The highest BCUT2D eigenvalue weighted by Crippen LogP contribution is 2.08. The van der Waals surface area contributed by atoms with E-state index >= 15 is 0 Å². The van der Waals surface area contributed by atoms with Gasteiger partial charge in [0.05, 0.1) is 19.4 Å². The van der Waals surface area contributed by atoms with Gasteiger partial charge in [-0.15, -0.1) is 0 Å². The van der Waals surface area contributed by atoms with Crippen molar-refractivity contribution in [3.63, 3.8) is 0 Å². The van der Waals surface area contributed by atoms with Crippen LogP contribution < -0.4 is 5.73 Å². The Kier molecular flexibility index (Phi) is 3.64. The molecule has 5 nitrogen and oxygen atoms in total. The number of hydrogen-bond acceptors (Lipinski definition) is 4. The van der Waals surface area contributed by atoms with E-state index in [1.807, 2.05) is 11.6 Å². The summed E-state index contributed by atoms with van der Waals surface area (Å²) in [5, 5.41) is 0. The number of carbonyl (C=O) groups is 1. The van der Waals surface area contributed by atoms with Crippen molar-refractivity contribution in [3.05, 3.63) is 18.2 Å². The van der Waals surface area contributed by atoms with Gasteiger partial charge in [0.1, 0.15) is 0 Å². The third-order valence-electron chi connectivity index (χ3n) is 2.19. The first-order valence-electron chi connectivity index (χ1n) is 4.42. The average molecular weight is 197 g/mol. The number of imidazole rings is 1. The monoisotopic (exact) mass is 197 g/mol. The van der Waals surface area contributed by atoms with Crippen LogP contribution in [0.5, 0.6) is 0 Å². The molecule has 0 amide bonds. The van der Waals surface area contributed by atoms with Crippen LogP contribution in [-0.4, -0.2) is 29.2 Å². The Labute approximate surface area is 82.9 Å². The van der Waals surface area contributed by atoms with E-state index < -0.39 is 0 Å². The molecule has 0 aliphatic rings. The van der Waals surface area contributed by atoms with Crippen LogP contribution in [0, 0.1) is 5.92 Å². The molecule has 0 saturated heterocycles. The van der Waals surface area contributed by atoms with Crippen molar-refractivity contribution >= 4 is 5.97 Å². The highest BCUT2D eigenvalue weighted by molar-refractivity contribution is 5.72. The number of nitrogens with zero attached hydrogens (tertiary/aromatic N) is 2. The van der Waals surface area contributed by atoms with Gasteiger partial charge in [0, 0.05) is 31.9 Å².